The van der Waals surface area contributed by atoms with Gasteiger partial charge in [-0.2, -0.15) is 0 Å². The minimum absolute atomic E-state index is 0.161. The number of phosphoric acid groups is 1. The van der Waals surface area contributed by atoms with Gasteiger partial charge in [0.25, 0.3) is 0 Å². The van der Waals surface area contributed by atoms with Gasteiger partial charge in [0.05, 0.1) is 0 Å². The van der Waals surface area contributed by atoms with E-state index < -0.39 is 13.9 Å². The lowest BCUT2D eigenvalue weighted by Crippen LogP contribution is -2.43. The summed E-state index contributed by atoms with van der Waals surface area (Å²) in [6.45, 7) is 0. The molecular weight excluding hydrogens is 341 g/mol. The summed E-state index contributed by atoms with van der Waals surface area (Å²) in [7, 11) is -1.23. The van der Waals surface area contributed by atoms with E-state index in [0.717, 1.165) is 31.2 Å². The summed E-state index contributed by atoms with van der Waals surface area (Å²) in [5.41, 5.74) is 1.09. The van der Waals surface area contributed by atoms with Crippen LogP contribution < -0.4 is 5.32 Å². The fourth-order valence-corrected chi connectivity index (χ4v) is 3.87. The fourth-order valence-electron chi connectivity index (χ4n) is 3.03. The van der Waals surface area contributed by atoms with Crippen LogP contribution in [0.3, 0.4) is 0 Å². The maximum absolute atomic E-state index is 12.7. The van der Waals surface area contributed by atoms with Gasteiger partial charge in [-0.25, -0.2) is 4.57 Å². The van der Waals surface area contributed by atoms with Gasteiger partial charge < -0.3 is 5.32 Å². The van der Waals surface area contributed by atoms with Crippen LogP contribution in [0.1, 0.15) is 44.1 Å². The van der Waals surface area contributed by atoms with Gasteiger partial charge in [-0.1, -0.05) is 49.6 Å². The summed E-state index contributed by atoms with van der Waals surface area (Å²) < 4.78 is 27.5. The number of phosphoric ester groups is 1. The van der Waals surface area contributed by atoms with E-state index in [1.165, 1.54) is 20.6 Å². The molecular formula is C18H28NO5P. The third kappa shape index (κ3) is 6.55. The number of hydrogen-bond acceptors (Lipinski definition) is 5. The van der Waals surface area contributed by atoms with Gasteiger partial charge in [-0.3, -0.25) is 18.4 Å². The van der Waals surface area contributed by atoms with Crippen LogP contribution in [0.25, 0.3) is 0 Å². The minimum Gasteiger partial charge on any atom is -0.351 e. The molecule has 1 aromatic rings. The molecule has 0 saturated heterocycles. The van der Waals surface area contributed by atoms with Crippen LogP contribution in [0.2, 0.25) is 0 Å². The van der Waals surface area contributed by atoms with Gasteiger partial charge in [0.2, 0.25) is 5.91 Å². The predicted molar refractivity (Wildman–Crippen MR) is 96.3 cm³/mol. The average molecular weight is 369 g/mol. The summed E-state index contributed by atoms with van der Waals surface area (Å²) >= 11 is 0. The molecule has 2 rings (SSSR count). The van der Waals surface area contributed by atoms with Crippen LogP contribution in [0.5, 0.6) is 0 Å². The van der Waals surface area contributed by atoms with Crippen molar-refractivity contribution in [2.24, 2.45) is 0 Å². The van der Waals surface area contributed by atoms with Crippen molar-refractivity contribution < 1.29 is 22.9 Å². The first-order valence-electron chi connectivity index (χ1n) is 8.80. The normalized spacial score (nSPS) is 17.2. The van der Waals surface area contributed by atoms with E-state index in [1.807, 2.05) is 30.3 Å². The van der Waals surface area contributed by atoms with E-state index in [-0.39, 0.29) is 11.9 Å². The number of rotatable bonds is 9. The van der Waals surface area contributed by atoms with Crippen molar-refractivity contribution in [3.63, 3.8) is 0 Å². The van der Waals surface area contributed by atoms with Crippen molar-refractivity contribution in [2.75, 3.05) is 14.2 Å². The Morgan fingerprint density at radius 1 is 1.16 bits per heavy atom. The smallest absolute Gasteiger partial charge is 0.351 e. The molecule has 1 aliphatic rings. The number of benzene rings is 1. The molecule has 1 atom stereocenters. The van der Waals surface area contributed by atoms with E-state index in [0.29, 0.717) is 12.8 Å². The first-order chi connectivity index (χ1) is 12.1. The lowest BCUT2D eigenvalue weighted by Gasteiger charge is -2.26. The molecule has 0 aromatic heterocycles. The highest BCUT2D eigenvalue weighted by Gasteiger charge is 2.33. The van der Waals surface area contributed by atoms with Crippen molar-refractivity contribution in [2.45, 2.75) is 57.1 Å². The number of amides is 1. The van der Waals surface area contributed by atoms with E-state index in [4.69, 9.17) is 13.6 Å². The zero-order valence-corrected chi connectivity index (χ0v) is 15.9. The predicted octanol–water partition coefficient (Wildman–Crippen LogP) is 3.85. The van der Waals surface area contributed by atoms with E-state index in [9.17, 15) is 9.36 Å². The molecule has 1 N–H and O–H groups in total. The highest BCUT2D eigenvalue weighted by atomic mass is 31.2. The van der Waals surface area contributed by atoms with Crippen molar-refractivity contribution in [3.05, 3.63) is 35.9 Å². The van der Waals surface area contributed by atoms with Crippen molar-refractivity contribution in [1.29, 1.82) is 0 Å². The summed E-state index contributed by atoms with van der Waals surface area (Å²) in [5, 5.41) is 3.03. The van der Waals surface area contributed by atoms with Crippen LogP contribution in [0.15, 0.2) is 30.3 Å². The second-order valence-electron chi connectivity index (χ2n) is 6.27. The molecule has 0 heterocycles. The molecule has 0 spiro atoms. The molecule has 0 bridgehead atoms. The van der Waals surface area contributed by atoms with Gasteiger partial charge in [0.1, 0.15) is 6.10 Å². The largest absolute Gasteiger partial charge is 0.475 e. The molecule has 1 fully saturated rings. The summed E-state index contributed by atoms with van der Waals surface area (Å²) in [6, 6.07) is 9.97. The molecule has 25 heavy (non-hydrogen) atoms. The Labute approximate surface area is 149 Å². The summed E-state index contributed by atoms with van der Waals surface area (Å²) in [4.78, 5) is 12.7. The molecule has 7 heteroatoms. The van der Waals surface area contributed by atoms with Crippen molar-refractivity contribution in [3.8, 4) is 0 Å². The maximum atomic E-state index is 12.7. The number of carbonyl (C=O) groups excluding carboxylic acids is 1. The highest BCUT2D eigenvalue weighted by molar-refractivity contribution is 7.48. The standard InChI is InChI=1S/C18H28NO5P/c1-22-25(21,23-2)24-17(14-13-15-9-5-3-6-10-15)18(20)19-16-11-7-4-8-12-16/h3,5-6,9-10,16-17H,4,7-8,11-14H2,1-2H3,(H,19,20). The molecule has 0 aliphatic heterocycles. The van der Waals surface area contributed by atoms with Gasteiger partial charge in [0, 0.05) is 20.3 Å². The zero-order chi connectivity index (χ0) is 18.1. The second-order valence-corrected chi connectivity index (χ2v) is 8.11. The molecule has 1 aliphatic carbocycles. The van der Waals surface area contributed by atoms with Gasteiger partial charge in [-0.05, 0) is 31.2 Å². The summed E-state index contributed by atoms with van der Waals surface area (Å²) in [5.74, 6) is -0.253. The number of carbonyl (C=O) groups is 1. The third-order valence-electron chi connectivity index (χ3n) is 4.49. The Bertz CT molecular complexity index is 566. The Morgan fingerprint density at radius 3 is 2.40 bits per heavy atom. The molecule has 1 amide bonds. The molecule has 6 nitrogen and oxygen atoms in total. The Balaban J connectivity index is 2.01. The summed E-state index contributed by atoms with van der Waals surface area (Å²) in [6.07, 6.45) is 5.56. The zero-order valence-electron chi connectivity index (χ0n) is 15.0. The minimum atomic E-state index is -3.73. The van der Waals surface area contributed by atoms with Gasteiger partial charge in [-0.15, -0.1) is 0 Å². The molecule has 140 valence electrons. The number of hydrogen-bond donors (Lipinski definition) is 1. The third-order valence-corrected chi connectivity index (χ3v) is 5.89. The molecule has 1 saturated carbocycles. The van der Waals surface area contributed by atoms with Crippen LogP contribution in [0, 0.1) is 0 Å². The van der Waals surface area contributed by atoms with E-state index in [1.54, 1.807) is 0 Å². The molecule has 0 radical (unpaired) electrons. The van der Waals surface area contributed by atoms with Crippen molar-refractivity contribution >= 4 is 13.7 Å². The van der Waals surface area contributed by atoms with Crippen LogP contribution in [-0.4, -0.2) is 32.3 Å². The van der Waals surface area contributed by atoms with Gasteiger partial charge >= 0.3 is 7.82 Å². The highest BCUT2D eigenvalue weighted by Crippen LogP contribution is 2.49. The quantitative estimate of drug-likeness (QED) is 0.669. The molecule has 1 unspecified atom stereocenters. The monoisotopic (exact) mass is 369 g/mol. The van der Waals surface area contributed by atoms with E-state index in [2.05, 4.69) is 5.32 Å². The Hall–Kier alpha value is -1.20. The first-order valence-corrected chi connectivity index (χ1v) is 10.3. The van der Waals surface area contributed by atoms with E-state index >= 15 is 0 Å². The van der Waals surface area contributed by atoms with Crippen LogP contribution >= 0.6 is 7.82 Å². The lowest BCUT2D eigenvalue weighted by molar-refractivity contribution is -0.130. The van der Waals surface area contributed by atoms with Crippen LogP contribution in [-0.2, 0) is 29.4 Å². The number of nitrogens with one attached hydrogen (secondary N) is 1. The topological polar surface area (TPSA) is 73.9 Å². The molecule has 1 aromatic carbocycles. The Kier molecular flexibility index (Phi) is 8.10. The fraction of sp³-hybridized carbons (Fsp3) is 0.611. The lowest BCUT2D eigenvalue weighted by atomic mass is 9.95. The van der Waals surface area contributed by atoms with Crippen LogP contribution in [0.4, 0.5) is 0 Å². The second kappa shape index (κ2) is 10.1. The van der Waals surface area contributed by atoms with Crippen molar-refractivity contribution in [1.82, 2.24) is 5.32 Å². The van der Waals surface area contributed by atoms with Gasteiger partial charge in [0.15, 0.2) is 0 Å². The SMILES string of the molecule is COP(=O)(OC)OC(CCc1ccccc1)C(=O)NC1CCCCC1. The number of aryl methyl sites for hydroxylation is 1. The first kappa shape index (κ1) is 20.1. The Morgan fingerprint density at radius 2 is 1.80 bits per heavy atom. The maximum Gasteiger partial charge on any atom is 0.475 e. The average Bonchev–Trinajstić information content (AvgIpc) is 2.66.